The second-order valence-electron chi connectivity index (χ2n) is 5.09. The molecule has 1 aromatic heterocycles. The molecule has 6 heteroatoms. The average Bonchev–Trinajstić information content (AvgIpc) is 2.99. The minimum Gasteiger partial charge on any atom is -0.488 e. The first-order valence-electron chi connectivity index (χ1n) is 7.41. The van der Waals surface area contributed by atoms with Gasteiger partial charge in [0.2, 0.25) is 5.91 Å². The van der Waals surface area contributed by atoms with Gasteiger partial charge in [0.15, 0.2) is 5.75 Å². The summed E-state index contributed by atoms with van der Waals surface area (Å²) in [5, 5.41) is 2.80. The van der Waals surface area contributed by atoms with Gasteiger partial charge in [0.25, 0.3) is 5.56 Å². The minimum absolute atomic E-state index is 0.00508. The predicted octanol–water partition coefficient (Wildman–Crippen LogP) is 0.932. The molecule has 1 fully saturated rings. The highest BCUT2D eigenvalue weighted by Gasteiger charge is 2.16. The molecule has 0 radical (unpaired) electrons. The van der Waals surface area contributed by atoms with Gasteiger partial charge in [0.05, 0.1) is 12.7 Å². The molecule has 1 aromatic rings. The van der Waals surface area contributed by atoms with E-state index < -0.39 is 0 Å². The normalized spacial score (nSPS) is 17.7. The molecule has 1 amide bonds. The van der Waals surface area contributed by atoms with Crippen LogP contribution in [-0.2, 0) is 16.1 Å². The Labute approximate surface area is 124 Å². The van der Waals surface area contributed by atoms with E-state index in [1.165, 1.54) is 4.57 Å². The number of aromatic nitrogens is 1. The summed E-state index contributed by atoms with van der Waals surface area (Å²) in [5.74, 6) is 0.0894. The highest BCUT2D eigenvalue weighted by atomic mass is 16.5. The van der Waals surface area contributed by atoms with Crippen molar-refractivity contribution in [3.63, 3.8) is 0 Å². The van der Waals surface area contributed by atoms with Crippen molar-refractivity contribution in [2.45, 2.75) is 38.8 Å². The Bertz CT molecular complexity index is 521. The number of hydrogen-bond acceptors (Lipinski definition) is 4. The van der Waals surface area contributed by atoms with E-state index in [1.807, 2.05) is 6.92 Å². The van der Waals surface area contributed by atoms with E-state index in [4.69, 9.17) is 9.47 Å². The Morgan fingerprint density at radius 3 is 3.14 bits per heavy atom. The van der Waals surface area contributed by atoms with E-state index >= 15 is 0 Å². The molecule has 0 saturated carbocycles. The van der Waals surface area contributed by atoms with E-state index in [0.717, 1.165) is 25.9 Å². The first-order valence-corrected chi connectivity index (χ1v) is 7.41. The highest BCUT2D eigenvalue weighted by Crippen LogP contribution is 2.10. The van der Waals surface area contributed by atoms with Gasteiger partial charge < -0.3 is 19.4 Å². The van der Waals surface area contributed by atoms with Crippen LogP contribution in [0.3, 0.4) is 0 Å². The molecule has 21 heavy (non-hydrogen) atoms. The van der Waals surface area contributed by atoms with Crippen molar-refractivity contribution < 1.29 is 14.3 Å². The molecule has 0 spiro atoms. The topological polar surface area (TPSA) is 69.6 Å². The van der Waals surface area contributed by atoms with Crippen molar-refractivity contribution in [1.82, 2.24) is 9.88 Å². The standard InChI is InChI=1S/C15H22N2O4/c1-2-8-21-13-6-3-7-17(15(13)19)11-14(18)16-10-12-5-4-9-20-12/h3,6-7,12H,2,4-5,8-11H2,1H3,(H,16,18). The van der Waals surface area contributed by atoms with Crippen molar-refractivity contribution in [3.8, 4) is 5.75 Å². The van der Waals surface area contributed by atoms with Crippen LogP contribution < -0.4 is 15.6 Å². The van der Waals surface area contributed by atoms with Crippen LogP contribution in [0.1, 0.15) is 26.2 Å². The molecule has 2 heterocycles. The van der Waals surface area contributed by atoms with Gasteiger partial charge in [-0.1, -0.05) is 6.92 Å². The number of hydrogen-bond donors (Lipinski definition) is 1. The second kappa shape index (κ2) is 7.83. The highest BCUT2D eigenvalue weighted by molar-refractivity contribution is 5.75. The molecular formula is C15H22N2O4. The first-order chi connectivity index (χ1) is 10.2. The summed E-state index contributed by atoms with van der Waals surface area (Å²) in [6, 6.07) is 3.33. The van der Waals surface area contributed by atoms with Gasteiger partial charge in [-0.25, -0.2) is 0 Å². The van der Waals surface area contributed by atoms with E-state index in [9.17, 15) is 9.59 Å². The smallest absolute Gasteiger partial charge is 0.293 e. The molecule has 0 bridgehead atoms. The number of ether oxygens (including phenoxy) is 2. The fraction of sp³-hybridized carbons (Fsp3) is 0.600. The van der Waals surface area contributed by atoms with E-state index in [0.29, 0.717) is 13.2 Å². The number of pyridine rings is 1. The summed E-state index contributed by atoms with van der Waals surface area (Å²) in [4.78, 5) is 24.0. The van der Waals surface area contributed by atoms with Crippen LogP contribution in [0.4, 0.5) is 0 Å². The molecule has 116 valence electrons. The molecule has 6 nitrogen and oxygen atoms in total. The molecule has 1 saturated heterocycles. The summed E-state index contributed by atoms with van der Waals surface area (Å²) in [6.45, 7) is 3.72. The van der Waals surface area contributed by atoms with Gasteiger partial charge in [-0.15, -0.1) is 0 Å². The van der Waals surface area contributed by atoms with Gasteiger partial charge >= 0.3 is 0 Å². The van der Waals surface area contributed by atoms with Crippen LogP contribution in [0, 0.1) is 0 Å². The Balaban J connectivity index is 1.89. The van der Waals surface area contributed by atoms with Crippen molar-refractivity contribution >= 4 is 5.91 Å². The van der Waals surface area contributed by atoms with Crippen LogP contribution >= 0.6 is 0 Å². The van der Waals surface area contributed by atoms with Crippen LogP contribution in [0.25, 0.3) is 0 Å². The van der Waals surface area contributed by atoms with Gasteiger partial charge in [-0.2, -0.15) is 0 Å². The van der Waals surface area contributed by atoms with Crippen LogP contribution in [0.15, 0.2) is 23.1 Å². The maximum atomic E-state index is 12.1. The van der Waals surface area contributed by atoms with Gasteiger partial charge in [-0.3, -0.25) is 9.59 Å². The fourth-order valence-electron chi connectivity index (χ4n) is 2.20. The van der Waals surface area contributed by atoms with E-state index in [2.05, 4.69) is 5.32 Å². The van der Waals surface area contributed by atoms with Crippen molar-refractivity contribution in [2.24, 2.45) is 0 Å². The third-order valence-corrected chi connectivity index (χ3v) is 3.31. The lowest BCUT2D eigenvalue weighted by atomic mass is 10.2. The quantitative estimate of drug-likeness (QED) is 0.812. The number of carbonyl (C=O) groups is 1. The SMILES string of the molecule is CCCOc1cccn(CC(=O)NCC2CCCO2)c1=O. The Morgan fingerprint density at radius 2 is 2.43 bits per heavy atom. The number of nitrogens with one attached hydrogen (secondary N) is 1. The summed E-state index contributed by atoms with van der Waals surface area (Å²) >= 11 is 0. The lowest BCUT2D eigenvalue weighted by molar-refractivity contribution is -0.122. The molecule has 1 N–H and O–H groups in total. The number of amides is 1. The lowest BCUT2D eigenvalue weighted by Crippen LogP contribution is -2.36. The Hall–Kier alpha value is -1.82. The third kappa shape index (κ3) is 4.60. The molecule has 1 unspecified atom stereocenters. The molecule has 0 aliphatic carbocycles. The number of rotatable bonds is 7. The lowest BCUT2D eigenvalue weighted by Gasteiger charge is -2.12. The minimum atomic E-state index is -0.279. The summed E-state index contributed by atoms with van der Waals surface area (Å²) in [6.07, 6.45) is 4.53. The van der Waals surface area contributed by atoms with Gasteiger partial charge in [0.1, 0.15) is 6.54 Å². The summed E-state index contributed by atoms with van der Waals surface area (Å²) in [7, 11) is 0. The van der Waals surface area contributed by atoms with Crippen molar-refractivity contribution in [1.29, 1.82) is 0 Å². The predicted molar refractivity (Wildman–Crippen MR) is 78.5 cm³/mol. The van der Waals surface area contributed by atoms with Crippen LogP contribution in [-0.4, -0.2) is 36.3 Å². The molecule has 1 aliphatic heterocycles. The van der Waals surface area contributed by atoms with Gasteiger partial charge in [0, 0.05) is 19.3 Å². The number of carbonyl (C=O) groups excluding carboxylic acids is 1. The molecular weight excluding hydrogens is 272 g/mol. The van der Waals surface area contributed by atoms with Crippen LogP contribution in [0.5, 0.6) is 5.75 Å². The molecule has 2 rings (SSSR count). The van der Waals surface area contributed by atoms with E-state index in [-0.39, 0.29) is 29.9 Å². The second-order valence-corrected chi connectivity index (χ2v) is 5.09. The summed E-state index contributed by atoms with van der Waals surface area (Å²) in [5.41, 5.74) is -0.279. The monoisotopic (exact) mass is 294 g/mol. The average molecular weight is 294 g/mol. The summed E-state index contributed by atoms with van der Waals surface area (Å²) < 4.78 is 12.2. The maximum absolute atomic E-state index is 12.1. The third-order valence-electron chi connectivity index (χ3n) is 3.31. The molecule has 1 aliphatic rings. The largest absolute Gasteiger partial charge is 0.488 e. The van der Waals surface area contributed by atoms with E-state index in [1.54, 1.807) is 18.3 Å². The Kier molecular flexibility index (Phi) is 5.80. The van der Waals surface area contributed by atoms with Crippen molar-refractivity contribution in [2.75, 3.05) is 19.8 Å². The fourth-order valence-corrected chi connectivity index (χ4v) is 2.20. The van der Waals surface area contributed by atoms with Gasteiger partial charge in [-0.05, 0) is 31.4 Å². The van der Waals surface area contributed by atoms with Crippen LogP contribution in [0.2, 0.25) is 0 Å². The zero-order chi connectivity index (χ0) is 15.1. The molecule has 0 aromatic carbocycles. The number of nitrogens with zero attached hydrogens (tertiary/aromatic N) is 1. The maximum Gasteiger partial charge on any atom is 0.293 e. The van der Waals surface area contributed by atoms with Crippen molar-refractivity contribution in [3.05, 3.63) is 28.7 Å². The zero-order valence-electron chi connectivity index (χ0n) is 12.3. The first kappa shape index (κ1) is 15.6. The zero-order valence-corrected chi connectivity index (χ0v) is 12.3. The Morgan fingerprint density at radius 1 is 1.57 bits per heavy atom. The molecule has 1 atom stereocenters.